The van der Waals surface area contributed by atoms with E-state index in [0.717, 1.165) is 53.2 Å². The molecule has 2 aromatic carbocycles. The van der Waals surface area contributed by atoms with Crippen molar-refractivity contribution in [1.82, 2.24) is 4.90 Å². The van der Waals surface area contributed by atoms with Crippen molar-refractivity contribution in [3.05, 3.63) is 46.6 Å². The van der Waals surface area contributed by atoms with Gasteiger partial charge in [0.2, 0.25) is 0 Å². The van der Waals surface area contributed by atoms with Crippen LogP contribution in [-0.4, -0.2) is 44.2 Å². The van der Waals surface area contributed by atoms with Gasteiger partial charge in [-0.25, -0.2) is 0 Å². The first kappa shape index (κ1) is 28.0. The first-order chi connectivity index (χ1) is 13.9. The quantitative estimate of drug-likeness (QED) is 0.215. The molecule has 0 fully saturated rings. The molecule has 0 saturated carbocycles. The normalized spacial score (nSPS) is 10.5. The molecule has 0 aliphatic carbocycles. The predicted octanol–water partition coefficient (Wildman–Crippen LogP) is 6.15. The SMILES string of the molecule is CCN(CC)CCOC(=O)Cc1cc(I)c(Oc2ccc(OC)c(I)c2)c(I)c1.Cl. The van der Waals surface area contributed by atoms with E-state index in [1.165, 1.54) is 0 Å². The summed E-state index contributed by atoms with van der Waals surface area (Å²) in [7, 11) is 1.65. The molecule has 0 aliphatic rings. The summed E-state index contributed by atoms with van der Waals surface area (Å²) in [5.41, 5.74) is 0.920. The van der Waals surface area contributed by atoms with Crippen LogP contribution in [0.1, 0.15) is 19.4 Å². The molecule has 166 valence electrons. The first-order valence-electron chi connectivity index (χ1n) is 9.25. The number of benzene rings is 2. The Kier molecular flexibility index (Phi) is 13.2. The number of hydrogen-bond donors (Lipinski definition) is 0. The van der Waals surface area contributed by atoms with Gasteiger partial charge in [-0.15, -0.1) is 12.4 Å². The zero-order chi connectivity index (χ0) is 21.4. The van der Waals surface area contributed by atoms with E-state index in [9.17, 15) is 4.79 Å². The summed E-state index contributed by atoms with van der Waals surface area (Å²) < 4.78 is 19.7. The lowest BCUT2D eigenvalue weighted by Gasteiger charge is -2.17. The van der Waals surface area contributed by atoms with Crippen molar-refractivity contribution in [1.29, 1.82) is 0 Å². The molecule has 2 rings (SSSR count). The predicted molar refractivity (Wildman–Crippen MR) is 147 cm³/mol. The molecule has 9 heteroatoms. The molecule has 30 heavy (non-hydrogen) atoms. The summed E-state index contributed by atoms with van der Waals surface area (Å²) in [6.07, 6.45) is 0.255. The number of rotatable bonds is 10. The Hall–Kier alpha value is -0.0500. The van der Waals surface area contributed by atoms with Crippen molar-refractivity contribution >= 4 is 86.1 Å². The van der Waals surface area contributed by atoms with E-state index in [1.54, 1.807) is 7.11 Å². The van der Waals surface area contributed by atoms with E-state index in [4.69, 9.17) is 14.2 Å². The maximum Gasteiger partial charge on any atom is 0.310 e. The zero-order valence-electron chi connectivity index (χ0n) is 17.0. The standard InChI is InChI=1S/C21H24I3NO4.ClH/c1-4-25(5-2)8-9-28-20(26)12-14-10-17(23)21(18(24)11-14)29-15-6-7-19(27-3)16(22)13-15;/h6-7,10-11,13H,4-5,8-9,12H2,1-3H3;1H. The van der Waals surface area contributed by atoms with Gasteiger partial charge in [-0.1, -0.05) is 13.8 Å². The number of hydrogen-bond acceptors (Lipinski definition) is 5. The molecule has 0 heterocycles. The number of halogens is 4. The number of ether oxygens (including phenoxy) is 3. The summed E-state index contributed by atoms with van der Waals surface area (Å²) in [5.74, 6) is 2.14. The largest absolute Gasteiger partial charge is 0.496 e. The Labute approximate surface area is 225 Å². The average Bonchev–Trinajstić information content (AvgIpc) is 2.68. The second kappa shape index (κ2) is 14.2. The van der Waals surface area contributed by atoms with Gasteiger partial charge in [0.1, 0.15) is 18.1 Å². The highest BCUT2D eigenvalue weighted by Crippen LogP contribution is 2.35. The number of esters is 1. The Morgan fingerprint density at radius 1 is 1.00 bits per heavy atom. The second-order valence-electron chi connectivity index (χ2n) is 6.21. The highest BCUT2D eigenvalue weighted by Gasteiger charge is 2.14. The number of nitrogens with zero attached hydrogens (tertiary/aromatic N) is 1. The molecule has 0 amide bonds. The van der Waals surface area contributed by atoms with Crippen LogP contribution in [0.25, 0.3) is 0 Å². The highest BCUT2D eigenvalue weighted by molar-refractivity contribution is 14.1. The van der Waals surface area contributed by atoms with Gasteiger partial charge in [-0.2, -0.15) is 0 Å². The monoisotopic (exact) mass is 771 g/mol. The van der Waals surface area contributed by atoms with E-state index in [0.29, 0.717) is 6.61 Å². The van der Waals surface area contributed by atoms with E-state index >= 15 is 0 Å². The third-order valence-corrected chi connectivity index (χ3v) is 6.76. The van der Waals surface area contributed by atoms with Gasteiger partial charge in [-0.05, 0) is 117 Å². The number of likely N-dealkylation sites (N-methyl/N-ethyl adjacent to an activating group) is 1. The summed E-state index contributed by atoms with van der Waals surface area (Å²) in [6.45, 7) is 7.31. The lowest BCUT2D eigenvalue weighted by atomic mass is 10.1. The van der Waals surface area contributed by atoms with Gasteiger partial charge in [0.15, 0.2) is 5.75 Å². The van der Waals surface area contributed by atoms with Crippen LogP contribution in [0, 0.1) is 10.7 Å². The fraction of sp³-hybridized carbons (Fsp3) is 0.381. The van der Waals surface area contributed by atoms with Gasteiger partial charge in [0.05, 0.1) is 24.2 Å². The van der Waals surface area contributed by atoms with Crippen molar-refractivity contribution in [2.75, 3.05) is 33.4 Å². The van der Waals surface area contributed by atoms with Crippen molar-refractivity contribution < 1.29 is 19.0 Å². The van der Waals surface area contributed by atoms with Crippen molar-refractivity contribution in [3.63, 3.8) is 0 Å². The van der Waals surface area contributed by atoms with Gasteiger partial charge >= 0.3 is 5.97 Å². The van der Waals surface area contributed by atoms with Crippen LogP contribution < -0.4 is 9.47 Å². The number of methoxy groups -OCH3 is 1. The lowest BCUT2D eigenvalue weighted by Crippen LogP contribution is -2.28. The molecule has 0 saturated heterocycles. The van der Waals surface area contributed by atoms with Crippen LogP contribution in [-0.2, 0) is 16.0 Å². The van der Waals surface area contributed by atoms with Crippen LogP contribution in [0.15, 0.2) is 30.3 Å². The Balaban J connectivity index is 0.00000450. The fourth-order valence-electron chi connectivity index (χ4n) is 2.69. The molecule has 0 N–H and O–H groups in total. The minimum atomic E-state index is -0.206. The summed E-state index contributed by atoms with van der Waals surface area (Å²) in [6, 6.07) is 9.65. The van der Waals surface area contributed by atoms with Crippen LogP contribution in [0.2, 0.25) is 0 Å². The Bertz CT molecular complexity index is 824. The molecule has 0 aliphatic heterocycles. The third-order valence-electron chi connectivity index (χ3n) is 4.31. The molecule has 0 spiro atoms. The molecule has 0 aromatic heterocycles. The van der Waals surface area contributed by atoms with Crippen LogP contribution in [0.5, 0.6) is 17.2 Å². The Morgan fingerprint density at radius 3 is 2.17 bits per heavy atom. The summed E-state index contributed by atoms with van der Waals surface area (Å²) in [5, 5.41) is 0. The van der Waals surface area contributed by atoms with Crippen molar-refractivity contribution in [2.24, 2.45) is 0 Å². The number of carbonyl (C=O) groups excluding carboxylic acids is 1. The smallest absolute Gasteiger partial charge is 0.310 e. The highest BCUT2D eigenvalue weighted by atomic mass is 127. The van der Waals surface area contributed by atoms with Gasteiger partial charge < -0.3 is 19.1 Å². The summed E-state index contributed by atoms with van der Waals surface area (Å²) >= 11 is 6.70. The molecule has 5 nitrogen and oxygen atoms in total. The van der Waals surface area contributed by atoms with Gasteiger partial charge in [0, 0.05) is 6.54 Å². The van der Waals surface area contributed by atoms with Crippen LogP contribution in [0.4, 0.5) is 0 Å². The topological polar surface area (TPSA) is 48.0 Å². The van der Waals surface area contributed by atoms with Crippen LogP contribution >= 0.6 is 80.2 Å². The minimum Gasteiger partial charge on any atom is -0.496 e. The third kappa shape index (κ3) is 8.47. The molecule has 0 bridgehead atoms. The van der Waals surface area contributed by atoms with Gasteiger partial charge in [0.25, 0.3) is 0 Å². The number of carbonyl (C=O) groups is 1. The molecule has 0 atom stereocenters. The maximum absolute atomic E-state index is 12.2. The first-order valence-corrected chi connectivity index (χ1v) is 12.5. The van der Waals surface area contributed by atoms with Crippen LogP contribution in [0.3, 0.4) is 0 Å². The van der Waals surface area contributed by atoms with E-state index in [1.807, 2.05) is 30.3 Å². The molecule has 0 radical (unpaired) electrons. The Morgan fingerprint density at radius 2 is 1.63 bits per heavy atom. The van der Waals surface area contributed by atoms with E-state index in [-0.39, 0.29) is 24.8 Å². The average molecular weight is 772 g/mol. The van der Waals surface area contributed by atoms with Gasteiger partial charge in [-0.3, -0.25) is 4.79 Å². The fourth-order valence-corrected chi connectivity index (χ4v) is 5.51. The second-order valence-corrected chi connectivity index (χ2v) is 9.70. The lowest BCUT2D eigenvalue weighted by molar-refractivity contribution is -0.143. The van der Waals surface area contributed by atoms with E-state index < -0.39 is 0 Å². The maximum atomic E-state index is 12.2. The molecular weight excluding hydrogens is 746 g/mol. The summed E-state index contributed by atoms with van der Waals surface area (Å²) in [4.78, 5) is 14.4. The molecular formula is C21H25ClI3NO4. The zero-order valence-corrected chi connectivity index (χ0v) is 24.3. The molecule has 0 unspecified atom stereocenters. The van der Waals surface area contributed by atoms with E-state index in [2.05, 4.69) is 86.5 Å². The molecule has 2 aromatic rings. The van der Waals surface area contributed by atoms with Crippen molar-refractivity contribution in [2.45, 2.75) is 20.3 Å². The van der Waals surface area contributed by atoms with Crippen molar-refractivity contribution in [3.8, 4) is 17.2 Å². The minimum absolute atomic E-state index is 0.